The van der Waals surface area contributed by atoms with Gasteiger partial charge in [-0.15, -0.1) is 0 Å². The SMILES string of the molecule is Cc1cccn2c(C(C)(C)C)ncc12. The Kier molecular flexibility index (Phi) is 1.88. The number of aromatic nitrogens is 2. The zero-order valence-electron chi connectivity index (χ0n) is 9.20. The van der Waals surface area contributed by atoms with Crippen LogP contribution in [-0.2, 0) is 5.41 Å². The molecule has 2 nitrogen and oxygen atoms in total. The first kappa shape index (κ1) is 9.25. The van der Waals surface area contributed by atoms with Crippen molar-refractivity contribution in [3.05, 3.63) is 35.9 Å². The molecular weight excluding hydrogens is 172 g/mol. The summed E-state index contributed by atoms with van der Waals surface area (Å²) >= 11 is 0. The van der Waals surface area contributed by atoms with Gasteiger partial charge < -0.3 is 4.40 Å². The summed E-state index contributed by atoms with van der Waals surface area (Å²) in [4.78, 5) is 4.49. The average molecular weight is 188 g/mol. The number of hydrogen-bond acceptors (Lipinski definition) is 1. The summed E-state index contributed by atoms with van der Waals surface area (Å²) in [5.41, 5.74) is 2.58. The van der Waals surface area contributed by atoms with Crippen molar-refractivity contribution in [1.29, 1.82) is 0 Å². The van der Waals surface area contributed by atoms with Gasteiger partial charge in [0, 0.05) is 11.6 Å². The minimum atomic E-state index is 0.0974. The Morgan fingerprint density at radius 3 is 2.64 bits per heavy atom. The van der Waals surface area contributed by atoms with Crippen LogP contribution in [0.2, 0.25) is 0 Å². The van der Waals surface area contributed by atoms with Gasteiger partial charge >= 0.3 is 0 Å². The first-order valence-corrected chi connectivity index (χ1v) is 4.93. The molecule has 14 heavy (non-hydrogen) atoms. The molecule has 0 amide bonds. The first-order chi connectivity index (χ1) is 6.50. The van der Waals surface area contributed by atoms with Crippen molar-refractivity contribution in [3.8, 4) is 0 Å². The molecule has 0 aliphatic rings. The highest BCUT2D eigenvalue weighted by atomic mass is 15.0. The fraction of sp³-hybridized carbons (Fsp3) is 0.417. The van der Waals surface area contributed by atoms with Crippen LogP contribution >= 0.6 is 0 Å². The molecule has 0 aliphatic heterocycles. The number of aryl methyl sites for hydroxylation is 1. The van der Waals surface area contributed by atoms with Crippen LogP contribution in [0.15, 0.2) is 24.5 Å². The molecule has 0 aromatic carbocycles. The van der Waals surface area contributed by atoms with E-state index in [2.05, 4.69) is 55.4 Å². The fourth-order valence-electron chi connectivity index (χ4n) is 1.72. The Bertz CT molecular complexity index is 461. The number of hydrogen-bond donors (Lipinski definition) is 0. The second kappa shape index (κ2) is 2.84. The third-order valence-electron chi connectivity index (χ3n) is 2.45. The predicted octanol–water partition coefficient (Wildman–Crippen LogP) is 2.94. The molecule has 0 aliphatic carbocycles. The summed E-state index contributed by atoms with van der Waals surface area (Å²) in [6.45, 7) is 8.67. The molecule has 74 valence electrons. The van der Waals surface area contributed by atoms with Gasteiger partial charge in [0.05, 0.1) is 11.7 Å². The van der Waals surface area contributed by atoms with E-state index >= 15 is 0 Å². The Morgan fingerprint density at radius 2 is 2.00 bits per heavy atom. The van der Waals surface area contributed by atoms with E-state index in [9.17, 15) is 0 Å². The maximum atomic E-state index is 4.49. The van der Waals surface area contributed by atoms with Crippen molar-refractivity contribution >= 4 is 5.52 Å². The molecule has 0 N–H and O–H groups in total. The molecule has 0 bridgehead atoms. The standard InChI is InChI=1S/C12H16N2/c1-9-6-5-7-14-10(9)8-13-11(14)12(2,3)4/h5-8H,1-4H3. The van der Waals surface area contributed by atoms with Crippen molar-refractivity contribution < 1.29 is 0 Å². The van der Waals surface area contributed by atoms with Crippen molar-refractivity contribution in [2.24, 2.45) is 0 Å². The highest BCUT2D eigenvalue weighted by molar-refractivity contribution is 5.53. The highest BCUT2D eigenvalue weighted by Crippen LogP contribution is 2.22. The van der Waals surface area contributed by atoms with E-state index in [1.54, 1.807) is 0 Å². The topological polar surface area (TPSA) is 17.3 Å². The zero-order valence-corrected chi connectivity index (χ0v) is 9.20. The number of rotatable bonds is 0. The molecule has 0 spiro atoms. The Labute approximate surface area is 84.6 Å². The number of nitrogens with zero attached hydrogens (tertiary/aromatic N) is 2. The second-order valence-electron chi connectivity index (χ2n) is 4.78. The predicted molar refractivity (Wildman–Crippen MR) is 58.6 cm³/mol. The van der Waals surface area contributed by atoms with E-state index in [4.69, 9.17) is 0 Å². The van der Waals surface area contributed by atoms with Crippen molar-refractivity contribution in [3.63, 3.8) is 0 Å². The van der Waals surface area contributed by atoms with Gasteiger partial charge in [0.2, 0.25) is 0 Å². The Morgan fingerprint density at radius 1 is 1.29 bits per heavy atom. The van der Waals surface area contributed by atoms with Gasteiger partial charge in [0.25, 0.3) is 0 Å². The Balaban J connectivity index is 2.76. The van der Waals surface area contributed by atoms with Crippen LogP contribution in [0.25, 0.3) is 5.52 Å². The third-order valence-corrected chi connectivity index (χ3v) is 2.45. The molecule has 2 rings (SSSR count). The zero-order chi connectivity index (χ0) is 10.3. The summed E-state index contributed by atoms with van der Waals surface area (Å²) in [5, 5.41) is 0. The number of imidazole rings is 1. The average Bonchev–Trinajstić information content (AvgIpc) is 2.47. The summed E-state index contributed by atoms with van der Waals surface area (Å²) in [6, 6.07) is 4.18. The van der Waals surface area contributed by atoms with E-state index in [1.807, 2.05) is 6.20 Å². The number of fused-ring (bicyclic) bond motifs is 1. The van der Waals surface area contributed by atoms with E-state index in [0.29, 0.717) is 0 Å². The molecule has 2 aromatic rings. The maximum absolute atomic E-state index is 4.49. The van der Waals surface area contributed by atoms with Gasteiger partial charge in [0.1, 0.15) is 5.82 Å². The molecular formula is C12H16N2. The maximum Gasteiger partial charge on any atom is 0.118 e. The minimum Gasteiger partial charge on any atom is -0.303 e. The van der Waals surface area contributed by atoms with Gasteiger partial charge in [-0.25, -0.2) is 4.98 Å². The molecule has 0 unspecified atom stereocenters. The van der Waals surface area contributed by atoms with Gasteiger partial charge in [0.15, 0.2) is 0 Å². The molecule has 0 fully saturated rings. The number of pyridine rings is 1. The van der Waals surface area contributed by atoms with Crippen LogP contribution in [0.3, 0.4) is 0 Å². The first-order valence-electron chi connectivity index (χ1n) is 4.93. The second-order valence-corrected chi connectivity index (χ2v) is 4.78. The molecule has 2 heterocycles. The van der Waals surface area contributed by atoms with Gasteiger partial charge in [-0.1, -0.05) is 26.8 Å². The molecule has 0 atom stereocenters. The largest absolute Gasteiger partial charge is 0.303 e. The van der Waals surface area contributed by atoms with E-state index in [0.717, 1.165) is 5.82 Å². The van der Waals surface area contributed by atoms with Crippen molar-refractivity contribution in [2.75, 3.05) is 0 Å². The minimum absolute atomic E-state index is 0.0974. The lowest BCUT2D eigenvalue weighted by molar-refractivity contribution is 0.543. The van der Waals surface area contributed by atoms with E-state index < -0.39 is 0 Å². The smallest absolute Gasteiger partial charge is 0.118 e. The molecule has 0 saturated heterocycles. The van der Waals surface area contributed by atoms with Crippen LogP contribution in [0, 0.1) is 6.92 Å². The summed E-state index contributed by atoms with van der Waals surface area (Å²) in [5.74, 6) is 1.12. The third kappa shape index (κ3) is 1.31. The van der Waals surface area contributed by atoms with Crippen LogP contribution in [0.4, 0.5) is 0 Å². The van der Waals surface area contributed by atoms with Crippen LogP contribution in [0.5, 0.6) is 0 Å². The summed E-state index contributed by atoms with van der Waals surface area (Å²) in [6.07, 6.45) is 4.03. The lowest BCUT2D eigenvalue weighted by Crippen LogP contribution is -2.15. The summed E-state index contributed by atoms with van der Waals surface area (Å²) < 4.78 is 2.18. The lowest BCUT2D eigenvalue weighted by atomic mass is 9.96. The van der Waals surface area contributed by atoms with Gasteiger partial charge in [-0.3, -0.25) is 0 Å². The van der Waals surface area contributed by atoms with Crippen LogP contribution in [0.1, 0.15) is 32.2 Å². The van der Waals surface area contributed by atoms with E-state index in [-0.39, 0.29) is 5.41 Å². The normalized spacial score (nSPS) is 12.3. The quantitative estimate of drug-likeness (QED) is 0.621. The molecule has 0 saturated carbocycles. The molecule has 2 heteroatoms. The van der Waals surface area contributed by atoms with Crippen molar-refractivity contribution in [2.45, 2.75) is 33.1 Å². The Hall–Kier alpha value is -1.31. The molecule has 2 aromatic heterocycles. The lowest BCUT2D eigenvalue weighted by Gasteiger charge is -2.16. The summed E-state index contributed by atoms with van der Waals surface area (Å²) in [7, 11) is 0. The van der Waals surface area contributed by atoms with Crippen LogP contribution in [-0.4, -0.2) is 9.38 Å². The van der Waals surface area contributed by atoms with Crippen LogP contribution < -0.4 is 0 Å². The van der Waals surface area contributed by atoms with Gasteiger partial charge in [-0.2, -0.15) is 0 Å². The van der Waals surface area contributed by atoms with Crippen molar-refractivity contribution in [1.82, 2.24) is 9.38 Å². The molecule has 0 radical (unpaired) electrons. The van der Waals surface area contributed by atoms with Gasteiger partial charge in [-0.05, 0) is 18.6 Å². The fourth-order valence-corrected chi connectivity index (χ4v) is 1.72. The highest BCUT2D eigenvalue weighted by Gasteiger charge is 2.19. The monoisotopic (exact) mass is 188 g/mol. The van der Waals surface area contributed by atoms with E-state index in [1.165, 1.54) is 11.1 Å².